The van der Waals surface area contributed by atoms with E-state index < -0.39 is 18.1 Å². The second-order valence-electron chi connectivity index (χ2n) is 17.0. The Morgan fingerprint density at radius 2 is 0.918 bits per heavy atom. The minimum absolute atomic E-state index is 0.0403. The van der Waals surface area contributed by atoms with Crippen LogP contribution < -0.4 is 0 Å². The molecule has 0 spiro atoms. The van der Waals surface area contributed by atoms with E-state index in [1.54, 1.807) is 0 Å². The van der Waals surface area contributed by atoms with Gasteiger partial charge in [-0.15, -0.1) is 0 Å². The predicted molar refractivity (Wildman–Crippen MR) is 256 cm³/mol. The summed E-state index contributed by atoms with van der Waals surface area (Å²) in [6, 6.07) is -0.627. The molecule has 0 heterocycles. The average molecular weight is 853 g/mol. The number of hydrogen-bond acceptors (Lipinski definition) is 6. The van der Waals surface area contributed by atoms with E-state index in [2.05, 4.69) is 98.9 Å². The highest BCUT2D eigenvalue weighted by molar-refractivity contribution is 5.72. The van der Waals surface area contributed by atoms with Gasteiger partial charge in [-0.05, 0) is 89.9 Å². The summed E-state index contributed by atoms with van der Waals surface area (Å²) < 4.78 is 17.3. The fraction of sp³-hybridized carbons (Fsp3) is 0.679. The first kappa shape index (κ1) is 57.5. The van der Waals surface area contributed by atoms with Crippen LogP contribution in [0.5, 0.6) is 0 Å². The molecule has 0 fully saturated rings. The summed E-state index contributed by atoms with van der Waals surface area (Å²) in [4.78, 5) is 37.1. The fourth-order valence-corrected chi connectivity index (χ4v) is 6.56. The molecule has 1 N–H and O–H groups in total. The van der Waals surface area contributed by atoms with Crippen molar-refractivity contribution in [2.24, 2.45) is 0 Å². The highest BCUT2D eigenvalue weighted by Gasteiger charge is 2.31. The van der Waals surface area contributed by atoms with Crippen LogP contribution in [0.25, 0.3) is 0 Å². The van der Waals surface area contributed by atoms with E-state index >= 15 is 0 Å². The van der Waals surface area contributed by atoms with Crippen molar-refractivity contribution in [2.45, 2.75) is 193 Å². The third kappa shape index (κ3) is 41.6. The van der Waals surface area contributed by atoms with E-state index in [4.69, 9.17) is 14.2 Å². The largest absolute Gasteiger partial charge is 0.477 e. The predicted octanol–water partition coefficient (Wildman–Crippen LogP) is 13.7. The number of hydrogen-bond donors (Lipinski definition) is 1. The van der Waals surface area contributed by atoms with Gasteiger partial charge in [0.1, 0.15) is 6.61 Å². The van der Waals surface area contributed by atoms with E-state index in [0.29, 0.717) is 12.8 Å². The zero-order valence-corrected chi connectivity index (χ0v) is 39.6. The summed E-state index contributed by atoms with van der Waals surface area (Å²) in [6.07, 6.45) is 56.2. The molecule has 2 atom stereocenters. The SMILES string of the molecule is CC/C=C\C/C=C\C/C=C\C/C=C\C/C=C\CCCCCC(=O)OC(COCCC(C(=O)O)[N+](C)(C)C)COC(=O)CCCCCCCCC/C=C\C/C=C\CCCCCC. The number of quaternary nitrogens is 1. The number of nitrogens with zero attached hydrogens (tertiary/aromatic N) is 1. The van der Waals surface area contributed by atoms with Gasteiger partial charge in [0.25, 0.3) is 0 Å². The lowest BCUT2D eigenvalue weighted by Gasteiger charge is -2.31. The van der Waals surface area contributed by atoms with Gasteiger partial charge in [0, 0.05) is 19.3 Å². The van der Waals surface area contributed by atoms with Crippen molar-refractivity contribution in [3.63, 3.8) is 0 Å². The van der Waals surface area contributed by atoms with Crippen molar-refractivity contribution in [1.29, 1.82) is 0 Å². The Bertz CT molecular complexity index is 1270. The number of carboxylic acids is 1. The van der Waals surface area contributed by atoms with Gasteiger partial charge in [-0.3, -0.25) is 9.59 Å². The fourth-order valence-electron chi connectivity index (χ4n) is 6.56. The van der Waals surface area contributed by atoms with Crippen molar-refractivity contribution >= 4 is 17.9 Å². The van der Waals surface area contributed by atoms with Gasteiger partial charge in [-0.1, -0.05) is 157 Å². The molecular weight excluding hydrogens is 763 g/mol. The topological polar surface area (TPSA) is 99.1 Å². The van der Waals surface area contributed by atoms with E-state index in [-0.39, 0.29) is 42.7 Å². The second-order valence-corrected chi connectivity index (χ2v) is 17.0. The summed E-state index contributed by atoms with van der Waals surface area (Å²) >= 11 is 0. The lowest BCUT2D eigenvalue weighted by molar-refractivity contribution is -0.887. The van der Waals surface area contributed by atoms with Crippen molar-refractivity contribution in [3.05, 3.63) is 85.1 Å². The van der Waals surface area contributed by atoms with Crippen LogP contribution in [0.1, 0.15) is 181 Å². The normalized spacial score (nSPS) is 13.7. The molecule has 0 aromatic carbocycles. The van der Waals surface area contributed by atoms with Crippen LogP contribution in [0.15, 0.2) is 85.1 Å². The molecule has 0 saturated carbocycles. The van der Waals surface area contributed by atoms with Crippen LogP contribution in [-0.2, 0) is 28.6 Å². The van der Waals surface area contributed by atoms with Gasteiger partial charge in [0.05, 0.1) is 34.4 Å². The number of likely N-dealkylation sites (N-methyl/N-ethyl adjacent to an activating group) is 1. The Hall–Kier alpha value is -3.49. The molecule has 0 bridgehead atoms. The monoisotopic (exact) mass is 853 g/mol. The van der Waals surface area contributed by atoms with E-state index in [9.17, 15) is 19.5 Å². The van der Waals surface area contributed by atoms with Crippen LogP contribution >= 0.6 is 0 Å². The second kappa shape index (κ2) is 43.2. The van der Waals surface area contributed by atoms with Crippen LogP contribution in [0.4, 0.5) is 0 Å². The molecule has 0 aliphatic heterocycles. The first-order valence-electron chi connectivity index (χ1n) is 24.1. The molecule has 8 nitrogen and oxygen atoms in total. The van der Waals surface area contributed by atoms with Crippen molar-refractivity contribution in [2.75, 3.05) is 41.0 Å². The van der Waals surface area contributed by atoms with Crippen LogP contribution in [0.3, 0.4) is 0 Å². The van der Waals surface area contributed by atoms with Gasteiger partial charge in [0.15, 0.2) is 12.1 Å². The summed E-state index contributed by atoms with van der Waals surface area (Å²) in [5.41, 5.74) is 0. The minimum atomic E-state index is -0.885. The molecule has 61 heavy (non-hydrogen) atoms. The maximum absolute atomic E-state index is 12.8. The molecule has 0 amide bonds. The first-order valence-corrected chi connectivity index (χ1v) is 24.1. The van der Waals surface area contributed by atoms with Crippen molar-refractivity contribution in [3.8, 4) is 0 Å². The zero-order valence-electron chi connectivity index (χ0n) is 39.6. The standard InChI is InChI=1S/C53H89NO7/c1-6-8-10-12-14-16-18-20-22-24-26-28-30-32-34-36-38-40-42-44-52(56)61-49(47-59-46-45-50(53(57)58)54(3,4)5)48-60-51(55)43-41-39-37-35-33-31-29-27-25-23-21-19-17-15-13-11-9-7-2/h8,10,14,16-17,19-20,22-23,25-26,28,32,34,49-50H,6-7,9,11-13,15,18,21,24,27,29-31,33,35-48H2,1-5H3/p+1/b10-8-,16-14-,19-17-,22-20-,25-23-,28-26-,34-32-. The van der Waals surface area contributed by atoms with Gasteiger partial charge in [-0.2, -0.15) is 0 Å². The van der Waals surface area contributed by atoms with Gasteiger partial charge in [-0.25, -0.2) is 4.79 Å². The Kier molecular flexibility index (Phi) is 40.7. The van der Waals surface area contributed by atoms with Crippen LogP contribution in [0.2, 0.25) is 0 Å². The maximum atomic E-state index is 12.8. The van der Waals surface area contributed by atoms with Gasteiger partial charge < -0.3 is 23.8 Å². The average Bonchev–Trinajstić information content (AvgIpc) is 3.22. The third-order valence-corrected chi connectivity index (χ3v) is 10.3. The molecule has 0 radical (unpaired) electrons. The highest BCUT2D eigenvalue weighted by atomic mass is 16.6. The molecule has 0 aromatic heterocycles. The third-order valence-electron chi connectivity index (χ3n) is 10.3. The molecule has 0 rings (SSSR count). The number of esters is 2. The Labute approximate surface area is 373 Å². The Balaban J connectivity index is 4.39. The smallest absolute Gasteiger partial charge is 0.362 e. The molecule has 0 aliphatic rings. The molecule has 0 aliphatic carbocycles. The lowest BCUT2D eigenvalue weighted by Crippen LogP contribution is -2.50. The lowest BCUT2D eigenvalue weighted by atomic mass is 10.1. The number of carboxylic acid groups (broad SMARTS) is 1. The number of carbonyl (C=O) groups excluding carboxylic acids is 2. The van der Waals surface area contributed by atoms with Crippen LogP contribution in [-0.4, -0.2) is 80.6 Å². The quantitative estimate of drug-likeness (QED) is 0.0283. The molecular formula is C53H90NO7+. The number of rotatable bonds is 42. The summed E-state index contributed by atoms with van der Waals surface area (Å²) in [5, 5.41) is 9.64. The number of carbonyl (C=O) groups is 3. The number of unbranched alkanes of at least 4 members (excludes halogenated alkanes) is 14. The van der Waals surface area contributed by atoms with Gasteiger partial charge in [0.2, 0.25) is 0 Å². The summed E-state index contributed by atoms with van der Waals surface area (Å²) in [6.45, 7) is 4.55. The molecule has 0 aromatic rings. The Morgan fingerprint density at radius 3 is 1.38 bits per heavy atom. The van der Waals surface area contributed by atoms with Gasteiger partial charge >= 0.3 is 17.9 Å². The number of ether oxygens (including phenoxy) is 3. The van der Waals surface area contributed by atoms with Crippen molar-refractivity contribution < 1.29 is 38.2 Å². The molecule has 8 heteroatoms. The van der Waals surface area contributed by atoms with Crippen molar-refractivity contribution in [1.82, 2.24) is 0 Å². The summed E-state index contributed by atoms with van der Waals surface area (Å²) in [7, 11) is 5.51. The van der Waals surface area contributed by atoms with E-state index in [1.165, 1.54) is 57.8 Å². The van der Waals surface area contributed by atoms with E-state index in [0.717, 1.165) is 89.9 Å². The highest BCUT2D eigenvalue weighted by Crippen LogP contribution is 2.13. The minimum Gasteiger partial charge on any atom is -0.477 e. The zero-order chi connectivity index (χ0) is 44.9. The summed E-state index contributed by atoms with van der Waals surface area (Å²) in [5.74, 6) is -1.53. The molecule has 2 unspecified atom stereocenters. The first-order chi connectivity index (χ1) is 29.6. The number of allylic oxidation sites excluding steroid dienone is 14. The molecule has 0 saturated heterocycles. The maximum Gasteiger partial charge on any atom is 0.362 e. The van der Waals surface area contributed by atoms with Crippen LogP contribution in [0, 0.1) is 0 Å². The van der Waals surface area contributed by atoms with E-state index in [1.807, 2.05) is 21.1 Å². The molecule has 348 valence electrons. The number of aliphatic carboxylic acids is 1. The Morgan fingerprint density at radius 1 is 0.508 bits per heavy atom.